The molecule has 0 aliphatic carbocycles. The minimum absolute atomic E-state index is 0.00875. The second-order valence-electron chi connectivity index (χ2n) is 8.29. The maximum Gasteiger partial charge on any atom is 0.355 e. The molecule has 1 aromatic heterocycles. The Bertz CT molecular complexity index is 1610. The van der Waals surface area contributed by atoms with Gasteiger partial charge in [-0.15, -0.1) is 11.3 Å². The van der Waals surface area contributed by atoms with Crippen LogP contribution in [0.15, 0.2) is 72.1 Å². The number of fused-ring (bicyclic) bond motifs is 2. The Hall–Kier alpha value is -3.70. The van der Waals surface area contributed by atoms with Gasteiger partial charge in [-0.25, -0.2) is 4.79 Å². The molecular weight excluding hydrogens is 531 g/mol. The summed E-state index contributed by atoms with van der Waals surface area (Å²) >= 11 is 13.9. The van der Waals surface area contributed by atoms with Gasteiger partial charge in [-0.3, -0.25) is 0 Å². The molecule has 0 radical (unpaired) electrons. The molecule has 6 nitrogen and oxygen atoms in total. The first-order valence-corrected chi connectivity index (χ1v) is 13.0. The van der Waals surface area contributed by atoms with Crippen molar-refractivity contribution >= 4 is 50.6 Å². The van der Waals surface area contributed by atoms with Crippen LogP contribution < -0.4 is 19.9 Å². The Morgan fingerprint density at radius 3 is 2.70 bits per heavy atom. The molecule has 3 aromatic carbocycles. The third kappa shape index (κ3) is 4.72. The van der Waals surface area contributed by atoms with Crippen molar-refractivity contribution in [1.29, 1.82) is 5.26 Å². The molecule has 37 heavy (non-hydrogen) atoms. The molecule has 1 aliphatic rings. The highest BCUT2D eigenvalue weighted by Crippen LogP contribution is 2.44. The highest BCUT2D eigenvalue weighted by atomic mass is 35.5. The van der Waals surface area contributed by atoms with Crippen molar-refractivity contribution in [2.45, 2.75) is 19.3 Å². The van der Waals surface area contributed by atoms with E-state index >= 15 is 0 Å². The van der Waals surface area contributed by atoms with Crippen LogP contribution in [0.1, 0.15) is 40.1 Å². The van der Waals surface area contributed by atoms with E-state index in [-0.39, 0.29) is 21.5 Å². The van der Waals surface area contributed by atoms with Crippen LogP contribution in [0, 0.1) is 11.3 Å². The molecule has 0 saturated carbocycles. The maximum atomic E-state index is 13.0. The van der Waals surface area contributed by atoms with E-state index in [9.17, 15) is 10.1 Å². The van der Waals surface area contributed by atoms with Gasteiger partial charge in [0.15, 0.2) is 0 Å². The molecular formula is C28H20Cl2N2O4S. The van der Waals surface area contributed by atoms with Crippen LogP contribution in [0.3, 0.4) is 0 Å². The van der Waals surface area contributed by atoms with E-state index in [0.717, 1.165) is 16.7 Å². The SMILES string of the molecule is CCCOc1cccc(C2C(C#N)=C(N)Oc3cc(OC(=O)c4sc5cccc(Cl)c5c4Cl)ccc32)c1. The molecule has 1 atom stereocenters. The second kappa shape index (κ2) is 10.3. The van der Waals surface area contributed by atoms with Crippen molar-refractivity contribution in [2.75, 3.05) is 6.61 Å². The second-order valence-corrected chi connectivity index (χ2v) is 10.1. The molecule has 1 unspecified atom stereocenters. The van der Waals surface area contributed by atoms with Crippen LogP contribution in [-0.4, -0.2) is 12.6 Å². The summed E-state index contributed by atoms with van der Waals surface area (Å²) in [6.07, 6.45) is 0.877. The first-order chi connectivity index (χ1) is 17.9. The van der Waals surface area contributed by atoms with Crippen LogP contribution >= 0.6 is 34.5 Å². The molecule has 0 amide bonds. The number of benzene rings is 3. The lowest BCUT2D eigenvalue weighted by atomic mass is 9.83. The standard InChI is InChI=1S/C28H20Cl2N2O4S/c1-2-11-34-16-6-3-5-15(12-16)23-18-10-9-17(13-21(18)36-27(32)19(23)14-31)35-28(33)26-25(30)24-20(29)7-4-8-22(24)37-26/h3-10,12-13,23H,2,11,32H2,1H3. The minimum Gasteiger partial charge on any atom is -0.494 e. The maximum absolute atomic E-state index is 13.0. The van der Waals surface area contributed by atoms with Crippen LogP contribution in [0.2, 0.25) is 10.0 Å². The summed E-state index contributed by atoms with van der Waals surface area (Å²) in [4.78, 5) is 13.2. The van der Waals surface area contributed by atoms with E-state index in [1.807, 2.05) is 37.3 Å². The van der Waals surface area contributed by atoms with Gasteiger partial charge in [-0.05, 0) is 42.3 Å². The van der Waals surface area contributed by atoms with E-state index in [1.165, 1.54) is 11.3 Å². The third-order valence-electron chi connectivity index (χ3n) is 5.86. The number of nitriles is 1. The summed E-state index contributed by atoms with van der Waals surface area (Å²) in [6, 6.07) is 20.1. The normalized spacial score (nSPS) is 14.6. The van der Waals surface area contributed by atoms with Gasteiger partial charge >= 0.3 is 5.97 Å². The lowest BCUT2D eigenvalue weighted by Gasteiger charge is -2.27. The van der Waals surface area contributed by atoms with Gasteiger partial charge in [-0.1, -0.05) is 54.4 Å². The Labute approximate surface area is 227 Å². The molecule has 186 valence electrons. The molecule has 0 spiro atoms. The van der Waals surface area contributed by atoms with Gasteiger partial charge in [0.25, 0.3) is 0 Å². The molecule has 1 aliphatic heterocycles. The zero-order valence-corrected chi connectivity index (χ0v) is 21.9. The molecule has 0 fully saturated rings. The van der Waals surface area contributed by atoms with Gasteiger partial charge in [0.2, 0.25) is 5.88 Å². The number of nitrogens with two attached hydrogens (primary N) is 1. The van der Waals surface area contributed by atoms with Crippen molar-refractivity contribution in [2.24, 2.45) is 5.73 Å². The molecule has 0 saturated heterocycles. The van der Waals surface area contributed by atoms with Gasteiger partial charge in [0.1, 0.15) is 33.8 Å². The zero-order valence-electron chi connectivity index (χ0n) is 19.6. The summed E-state index contributed by atoms with van der Waals surface area (Å²) in [5, 5.41) is 11.2. The van der Waals surface area contributed by atoms with E-state index in [0.29, 0.717) is 39.7 Å². The predicted octanol–water partition coefficient (Wildman–Crippen LogP) is 7.43. The van der Waals surface area contributed by atoms with E-state index in [4.69, 9.17) is 43.1 Å². The van der Waals surface area contributed by atoms with Crippen LogP contribution in [0.5, 0.6) is 17.2 Å². The number of rotatable bonds is 6. The molecule has 2 heterocycles. The largest absolute Gasteiger partial charge is 0.494 e. The summed E-state index contributed by atoms with van der Waals surface area (Å²) < 4.78 is 18.0. The number of ether oxygens (including phenoxy) is 3. The van der Waals surface area contributed by atoms with Crippen molar-refractivity contribution in [1.82, 2.24) is 0 Å². The van der Waals surface area contributed by atoms with Gasteiger partial charge in [0.05, 0.1) is 22.6 Å². The number of hydrogen-bond acceptors (Lipinski definition) is 7. The van der Waals surface area contributed by atoms with Crippen molar-refractivity contribution in [3.05, 3.63) is 98.2 Å². The van der Waals surface area contributed by atoms with Crippen LogP contribution in [-0.2, 0) is 0 Å². The summed E-state index contributed by atoms with van der Waals surface area (Å²) in [7, 11) is 0. The first kappa shape index (κ1) is 25.0. The highest BCUT2D eigenvalue weighted by molar-refractivity contribution is 7.21. The fourth-order valence-corrected chi connectivity index (χ4v) is 6.02. The van der Waals surface area contributed by atoms with Gasteiger partial charge < -0.3 is 19.9 Å². The van der Waals surface area contributed by atoms with Gasteiger partial charge in [0, 0.05) is 21.7 Å². The highest BCUT2D eigenvalue weighted by Gasteiger charge is 2.31. The lowest BCUT2D eigenvalue weighted by Crippen LogP contribution is -2.21. The molecule has 2 N–H and O–H groups in total. The van der Waals surface area contributed by atoms with Crippen LogP contribution in [0.4, 0.5) is 0 Å². The van der Waals surface area contributed by atoms with Crippen LogP contribution in [0.25, 0.3) is 10.1 Å². The number of carbonyl (C=O) groups excluding carboxylic acids is 1. The Balaban J connectivity index is 1.48. The Kier molecular flexibility index (Phi) is 6.98. The predicted molar refractivity (Wildman–Crippen MR) is 145 cm³/mol. The Morgan fingerprint density at radius 2 is 1.95 bits per heavy atom. The molecule has 5 rings (SSSR count). The Morgan fingerprint density at radius 1 is 1.14 bits per heavy atom. The lowest BCUT2D eigenvalue weighted by molar-refractivity contribution is 0.0740. The van der Waals surface area contributed by atoms with E-state index in [2.05, 4.69) is 6.07 Å². The molecule has 4 aromatic rings. The number of carbonyl (C=O) groups is 1. The minimum atomic E-state index is -0.614. The quantitative estimate of drug-likeness (QED) is 0.198. The zero-order chi connectivity index (χ0) is 26.1. The average Bonchev–Trinajstić information content (AvgIpc) is 3.24. The van der Waals surface area contributed by atoms with Crippen molar-refractivity contribution in [3.63, 3.8) is 0 Å². The number of thiophene rings is 1. The third-order valence-corrected chi connectivity index (χ3v) is 7.80. The number of esters is 1. The number of allylic oxidation sites excluding steroid dienone is 1. The summed E-state index contributed by atoms with van der Waals surface area (Å²) in [6.45, 7) is 2.62. The fourth-order valence-electron chi connectivity index (χ4n) is 4.20. The van der Waals surface area contributed by atoms with Gasteiger partial charge in [-0.2, -0.15) is 5.26 Å². The summed E-state index contributed by atoms with van der Waals surface area (Å²) in [5.41, 5.74) is 7.97. The first-order valence-electron chi connectivity index (χ1n) is 11.4. The van der Waals surface area contributed by atoms with Crippen molar-refractivity contribution in [3.8, 4) is 23.3 Å². The van der Waals surface area contributed by atoms with Crippen molar-refractivity contribution < 1.29 is 19.0 Å². The smallest absolute Gasteiger partial charge is 0.355 e. The summed E-state index contributed by atoms with van der Waals surface area (Å²) in [5.74, 6) is 0.242. The number of nitrogens with zero attached hydrogens (tertiary/aromatic N) is 1. The fraction of sp³-hybridized carbons (Fsp3) is 0.143. The average molecular weight is 551 g/mol. The topological polar surface area (TPSA) is 94.6 Å². The monoisotopic (exact) mass is 550 g/mol. The van der Waals surface area contributed by atoms with E-state index < -0.39 is 11.9 Å². The van der Waals surface area contributed by atoms with E-state index in [1.54, 1.807) is 30.3 Å². The molecule has 9 heteroatoms. The molecule has 0 bridgehead atoms. The number of halogens is 2. The number of hydrogen-bond donors (Lipinski definition) is 1.